The Labute approximate surface area is 160 Å². The Morgan fingerprint density at radius 2 is 1.93 bits per heavy atom. The average molecular weight is 372 g/mol. The molecule has 1 amide bonds. The molecule has 2 N–H and O–H groups in total. The SMILES string of the molecule is COc1cc(CCc2cc(NC(=O)C3CCCCN3C)n[nH]2)cc(OC)c1. The summed E-state index contributed by atoms with van der Waals surface area (Å²) in [4.78, 5) is 14.6. The lowest BCUT2D eigenvalue weighted by atomic mass is 10.0. The first-order valence-corrected chi connectivity index (χ1v) is 9.36. The number of aromatic nitrogens is 2. The van der Waals surface area contributed by atoms with Gasteiger partial charge in [-0.3, -0.25) is 14.8 Å². The maximum Gasteiger partial charge on any atom is 0.242 e. The molecule has 27 heavy (non-hydrogen) atoms. The van der Waals surface area contributed by atoms with Gasteiger partial charge in [0.05, 0.1) is 20.3 Å². The van der Waals surface area contributed by atoms with Crippen LogP contribution in [0.25, 0.3) is 0 Å². The number of methoxy groups -OCH3 is 2. The maximum absolute atomic E-state index is 12.5. The van der Waals surface area contributed by atoms with E-state index in [0.717, 1.165) is 61.4 Å². The van der Waals surface area contributed by atoms with Gasteiger partial charge in [-0.1, -0.05) is 6.42 Å². The summed E-state index contributed by atoms with van der Waals surface area (Å²) in [6, 6.07) is 7.69. The average Bonchev–Trinajstić information content (AvgIpc) is 3.13. The molecule has 1 aliphatic heterocycles. The highest BCUT2D eigenvalue weighted by Gasteiger charge is 2.26. The van der Waals surface area contributed by atoms with Crippen molar-refractivity contribution >= 4 is 11.7 Å². The van der Waals surface area contributed by atoms with Crippen LogP contribution < -0.4 is 14.8 Å². The fourth-order valence-corrected chi connectivity index (χ4v) is 3.46. The highest BCUT2D eigenvalue weighted by atomic mass is 16.5. The third-order valence-electron chi connectivity index (χ3n) is 5.05. The molecule has 7 nitrogen and oxygen atoms in total. The quantitative estimate of drug-likeness (QED) is 0.781. The van der Waals surface area contributed by atoms with E-state index in [1.54, 1.807) is 14.2 Å². The first kappa shape index (κ1) is 19.2. The molecule has 1 aromatic heterocycles. The standard InChI is InChI=1S/C20H28N4O3/c1-24-9-5-4-6-18(24)20(25)21-19-12-15(22-23-19)8-7-14-10-16(26-2)13-17(11-14)27-3/h10-13,18H,4-9H2,1-3H3,(H2,21,22,23,25). The van der Waals surface area contributed by atoms with Crippen LogP contribution in [0.5, 0.6) is 11.5 Å². The monoisotopic (exact) mass is 372 g/mol. The lowest BCUT2D eigenvalue weighted by Gasteiger charge is -2.30. The Morgan fingerprint density at radius 1 is 1.19 bits per heavy atom. The molecule has 2 heterocycles. The number of carbonyl (C=O) groups excluding carboxylic acids is 1. The zero-order valence-corrected chi connectivity index (χ0v) is 16.2. The van der Waals surface area contributed by atoms with Crippen molar-refractivity contribution in [2.24, 2.45) is 0 Å². The van der Waals surface area contributed by atoms with E-state index in [0.29, 0.717) is 5.82 Å². The molecule has 0 spiro atoms. The van der Waals surface area contributed by atoms with Crippen LogP contribution in [0.3, 0.4) is 0 Å². The molecular weight excluding hydrogens is 344 g/mol. The lowest BCUT2D eigenvalue weighted by Crippen LogP contribution is -2.44. The number of benzene rings is 1. The molecule has 0 aliphatic carbocycles. The molecule has 0 bridgehead atoms. The molecule has 1 aliphatic rings. The van der Waals surface area contributed by atoms with Crippen LogP contribution in [0.1, 0.15) is 30.5 Å². The van der Waals surface area contributed by atoms with E-state index < -0.39 is 0 Å². The summed E-state index contributed by atoms with van der Waals surface area (Å²) < 4.78 is 10.6. The van der Waals surface area contributed by atoms with Crippen molar-refractivity contribution in [2.45, 2.75) is 38.1 Å². The number of piperidine rings is 1. The predicted octanol–water partition coefficient (Wildman–Crippen LogP) is 2.63. The molecule has 1 saturated heterocycles. The zero-order chi connectivity index (χ0) is 19.2. The number of ether oxygens (including phenoxy) is 2. The molecule has 1 atom stereocenters. The molecule has 0 saturated carbocycles. The fraction of sp³-hybridized carbons (Fsp3) is 0.500. The topological polar surface area (TPSA) is 79.5 Å². The second-order valence-electron chi connectivity index (χ2n) is 6.98. The largest absolute Gasteiger partial charge is 0.497 e. The normalized spacial score (nSPS) is 17.5. The van der Waals surface area contributed by atoms with Gasteiger partial charge in [0.25, 0.3) is 0 Å². The third-order valence-corrected chi connectivity index (χ3v) is 5.05. The van der Waals surface area contributed by atoms with Crippen molar-refractivity contribution in [3.05, 3.63) is 35.5 Å². The van der Waals surface area contributed by atoms with Gasteiger partial charge in [-0.05, 0) is 57.0 Å². The number of nitrogens with zero attached hydrogens (tertiary/aromatic N) is 2. The minimum Gasteiger partial charge on any atom is -0.497 e. The zero-order valence-electron chi connectivity index (χ0n) is 16.2. The van der Waals surface area contributed by atoms with Crippen LogP contribution in [-0.4, -0.2) is 54.9 Å². The van der Waals surface area contributed by atoms with Crippen LogP contribution in [-0.2, 0) is 17.6 Å². The van der Waals surface area contributed by atoms with Crippen LogP contribution >= 0.6 is 0 Å². The number of hydrogen-bond acceptors (Lipinski definition) is 5. The van der Waals surface area contributed by atoms with E-state index >= 15 is 0 Å². The van der Waals surface area contributed by atoms with Gasteiger partial charge in [-0.15, -0.1) is 0 Å². The molecule has 146 valence electrons. The fourth-order valence-electron chi connectivity index (χ4n) is 3.46. The number of carbonyl (C=O) groups is 1. The smallest absolute Gasteiger partial charge is 0.242 e. The Kier molecular flexibility index (Phi) is 6.34. The molecule has 7 heteroatoms. The molecule has 2 aromatic rings. The summed E-state index contributed by atoms with van der Waals surface area (Å²) in [5.41, 5.74) is 2.10. The van der Waals surface area contributed by atoms with E-state index in [1.807, 2.05) is 31.3 Å². The van der Waals surface area contributed by atoms with E-state index in [-0.39, 0.29) is 11.9 Å². The van der Waals surface area contributed by atoms with Crippen molar-refractivity contribution in [3.8, 4) is 11.5 Å². The van der Waals surface area contributed by atoms with Crippen molar-refractivity contribution in [1.29, 1.82) is 0 Å². The highest BCUT2D eigenvalue weighted by Crippen LogP contribution is 2.23. The van der Waals surface area contributed by atoms with Crippen molar-refractivity contribution in [2.75, 3.05) is 33.1 Å². The van der Waals surface area contributed by atoms with Crippen molar-refractivity contribution in [1.82, 2.24) is 15.1 Å². The summed E-state index contributed by atoms with van der Waals surface area (Å²) in [6.45, 7) is 0.966. The van der Waals surface area contributed by atoms with Gasteiger partial charge >= 0.3 is 0 Å². The number of aryl methyl sites for hydroxylation is 2. The van der Waals surface area contributed by atoms with Gasteiger partial charge in [-0.2, -0.15) is 5.10 Å². The van der Waals surface area contributed by atoms with E-state index in [1.165, 1.54) is 0 Å². The summed E-state index contributed by atoms with van der Waals surface area (Å²) in [5, 5.41) is 10.2. The Balaban J connectivity index is 1.57. The van der Waals surface area contributed by atoms with Crippen LogP contribution in [0.4, 0.5) is 5.82 Å². The van der Waals surface area contributed by atoms with Gasteiger partial charge in [0.2, 0.25) is 5.91 Å². The van der Waals surface area contributed by atoms with E-state index in [2.05, 4.69) is 20.4 Å². The minimum atomic E-state index is -0.0665. The van der Waals surface area contributed by atoms with Crippen LogP contribution in [0.2, 0.25) is 0 Å². The van der Waals surface area contributed by atoms with Gasteiger partial charge in [0.1, 0.15) is 11.5 Å². The van der Waals surface area contributed by atoms with Crippen LogP contribution in [0, 0.1) is 0 Å². The Morgan fingerprint density at radius 3 is 2.59 bits per heavy atom. The lowest BCUT2D eigenvalue weighted by molar-refractivity contribution is -0.121. The second-order valence-corrected chi connectivity index (χ2v) is 6.98. The number of H-pyrrole nitrogens is 1. The third kappa shape index (κ3) is 5.01. The molecule has 0 radical (unpaired) electrons. The number of anilines is 1. The molecule has 1 unspecified atom stereocenters. The second kappa shape index (κ2) is 8.90. The Bertz CT molecular complexity index is 752. The van der Waals surface area contributed by atoms with Crippen molar-refractivity contribution < 1.29 is 14.3 Å². The van der Waals surface area contributed by atoms with Gasteiger partial charge < -0.3 is 14.8 Å². The van der Waals surface area contributed by atoms with E-state index in [9.17, 15) is 4.79 Å². The minimum absolute atomic E-state index is 0.0211. The summed E-state index contributed by atoms with van der Waals surface area (Å²) in [5.74, 6) is 2.15. The van der Waals surface area contributed by atoms with Gasteiger partial charge in [0.15, 0.2) is 5.82 Å². The van der Waals surface area contributed by atoms with Gasteiger partial charge in [0, 0.05) is 17.8 Å². The maximum atomic E-state index is 12.5. The molecule has 1 aromatic carbocycles. The highest BCUT2D eigenvalue weighted by molar-refractivity contribution is 5.94. The van der Waals surface area contributed by atoms with Crippen LogP contribution in [0.15, 0.2) is 24.3 Å². The first-order chi connectivity index (χ1) is 13.1. The predicted molar refractivity (Wildman–Crippen MR) is 104 cm³/mol. The number of hydrogen-bond donors (Lipinski definition) is 2. The molecular formula is C20H28N4O3. The summed E-state index contributed by atoms with van der Waals surface area (Å²) >= 11 is 0. The summed E-state index contributed by atoms with van der Waals surface area (Å²) in [7, 11) is 5.29. The number of aromatic amines is 1. The number of likely N-dealkylation sites (tertiary alicyclic amines) is 1. The number of rotatable bonds is 7. The van der Waals surface area contributed by atoms with E-state index in [4.69, 9.17) is 9.47 Å². The summed E-state index contributed by atoms with van der Waals surface area (Å²) in [6.07, 6.45) is 4.74. The van der Waals surface area contributed by atoms with Crippen molar-refractivity contribution in [3.63, 3.8) is 0 Å². The number of likely N-dealkylation sites (N-methyl/N-ethyl adjacent to an activating group) is 1. The molecule has 3 rings (SSSR count). The Hall–Kier alpha value is -2.54. The van der Waals surface area contributed by atoms with Gasteiger partial charge in [-0.25, -0.2) is 0 Å². The number of nitrogens with one attached hydrogen (secondary N) is 2. The first-order valence-electron chi connectivity index (χ1n) is 9.36. The number of amides is 1. The molecule has 1 fully saturated rings.